The Labute approximate surface area is 88.8 Å². The van der Waals surface area contributed by atoms with Crippen molar-refractivity contribution in [1.82, 2.24) is 0 Å². The van der Waals surface area contributed by atoms with Gasteiger partial charge in [-0.15, -0.1) is 0 Å². The summed E-state index contributed by atoms with van der Waals surface area (Å²) in [6, 6.07) is 9.35. The quantitative estimate of drug-likeness (QED) is 0.649. The maximum atomic E-state index is 11.4. The molecule has 2 rings (SSSR count). The molecular formula is C13H11NO. The van der Waals surface area contributed by atoms with E-state index in [4.69, 9.17) is 5.26 Å². The van der Waals surface area contributed by atoms with Crippen LogP contribution >= 0.6 is 0 Å². The third kappa shape index (κ3) is 2.13. The molecule has 0 aliphatic heterocycles. The summed E-state index contributed by atoms with van der Waals surface area (Å²) in [7, 11) is 0. The number of nitriles is 1. The average molecular weight is 197 g/mol. The Morgan fingerprint density at radius 3 is 2.47 bits per heavy atom. The Morgan fingerprint density at radius 1 is 1.20 bits per heavy atom. The normalized spacial score (nSPS) is 18.1. The van der Waals surface area contributed by atoms with Crippen LogP contribution in [0.25, 0.3) is 6.08 Å². The average Bonchev–Trinajstić information content (AvgIpc) is 2.66. The number of carbonyl (C=O) groups is 1. The molecule has 0 heterocycles. The van der Waals surface area contributed by atoms with Gasteiger partial charge in [-0.25, -0.2) is 0 Å². The molecule has 0 spiro atoms. The van der Waals surface area contributed by atoms with Crippen LogP contribution in [0.15, 0.2) is 29.8 Å². The van der Waals surface area contributed by atoms with Crippen LogP contribution in [0, 0.1) is 11.3 Å². The van der Waals surface area contributed by atoms with Crippen molar-refractivity contribution in [1.29, 1.82) is 5.26 Å². The lowest BCUT2D eigenvalue weighted by atomic mass is 10.1. The molecule has 2 heteroatoms. The lowest BCUT2D eigenvalue weighted by Crippen LogP contribution is -1.90. The lowest BCUT2D eigenvalue weighted by Gasteiger charge is -1.96. The van der Waals surface area contributed by atoms with Crippen molar-refractivity contribution in [2.75, 3.05) is 0 Å². The van der Waals surface area contributed by atoms with Crippen LogP contribution in [0.2, 0.25) is 0 Å². The molecule has 1 aliphatic carbocycles. The number of carbonyl (C=O) groups excluding carboxylic acids is 1. The zero-order valence-electron chi connectivity index (χ0n) is 8.36. The van der Waals surface area contributed by atoms with Crippen LogP contribution in [-0.2, 0) is 4.79 Å². The first-order chi connectivity index (χ1) is 7.29. The second-order valence-corrected chi connectivity index (χ2v) is 3.68. The Kier molecular flexibility index (Phi) is 2.64. The SMILES string of the molecule is N#Cc1ccc(/C=C2/CCCC2=O)cc1. The topological polar surface area (TPSA) is 40.9 Å². The molecule has 0 saturated heterocycles. The number of Topliss-reactive ketones (excluding diaryl/α,β-unsaturated/α-hetero) is 1. The highest BCUT2D eigenvalue weighted by Gasteiger charge is 2.16. The fourth-order valence-corrected chi connectivity index (χ4v) is 1.75. The molecule has 1 aliphatic rings. The third-order valence-corrected chi connectivity index (χ3v) is 2.59. The Hall–Kier alpha value is -1.88. The predicted molar refractivity (Wildman–Crippen MR) is 58.0 cm³/mol. The van der Waals surface area contributed by atoms with Gasteiger partial charge in [-0.2, -0.15) is 5.26 Å². The molecule has 1 aromatic carbocycles. The largest absolute Gasteiger partial charge is 0.295 e. The molecule has 2 nitrogen and oxygen atoms in total. The first-order valence-corrected chi connectivity index (χ1v) is 5.03. The molecule has 0 atom stereocenters. The Morgan fingerprint density at radius 2 is 1.93 bits per heavy atom. The van der Waals surface area contributed by atoms with Crippen LogP contribution in [0.1, 0.15) is 30.4 Å². The van der Waals surface area contributed by atoms with Gasteiger partial charge in [0.1, 0.15) is 0 Å². The van der Waals surface area contributed by atoms with Crippen LogP contribution in [0.3, 0.4) is 0 Å². The third-order valence-electron chi connectivity index (χ3n) is 2.59. The molecule has 15 heavy (non-hydrogen) atoms. The first-order valence-electron chi connectivity index (χ1n) is 5.03. The molecule has 0 N–H and O–H groups in total. The summed E-state index contributed by atoms with van der Waals surface area (Å²) in [5, 5.41) is 8.64. The van der Waals surface area contributed by atoms with E-state index in [-0.39, 0.29) is 5.78 Å². The molecular weight excluding hydrogens is 186 g/mol. The van der Waals surface area contributed by atoms with E-state index in [1.807, 2.05) is 18.2 Å². The second-order valence-electron chi connectivity index (χ2n) is 3.68. The molecule has 0 amide bonds. The lowest BCUT2D eigenvalue weighted by molar-refractivity contribution is -0.114. The summed E-state index contributed by atoms with van der Waals surface area (Å²) in [5.74, 6) is 0.263. The van der Waals surface area contributed by atoms with Gasteiger partial charge in [0.15, 0.2) is 5.78 Å². The van der Waals surface area contributed by atoms with Crippen molar-refractivity contribution in [3.8, 4) is 6.07 Å². The Balaban J connectivity index is 2.24. The van der Waals surface area contributed by atoms with Crippen molar-refractivity contribution in [3.05, 3.63) is 41.0 Å². The van der Waals surface area contributed by atoms with Gasteiger partial charge in [0.05, 0.1) is 11.6 Å². The van der Waals surface area contributed by atoms with Gasteiger partial charge in [-0.05, 0) is 42.2 Å². The molecule has 1 aromatic rings. The van der Waals surface area contributed by atoms with Gasteiger partial charge in [0.2, 0.25) is 0 Å². The zero-order chi connectivity index (χ0) is 10.7. The number of ketones is 1. The van der Waals surface area contributed by atoms with E-state index in [0.29, 0.717) is 12.0 Å². The summed E-state index contributed by atoms with van der Waals surface area (Å²) < 4.78 is 0. The van der Waals surface area contributed by atoms with E-state index in [1.54, 1.807) is 12.1 Å². The van der Waals surface area contributed by atoms with E-state index in [9.17, 15) is 4.79 Å². The fraction of sp³-hybridized carbons (Fsp3) is 0.231. The minimum Gasteiger partial charge on any atom is -0.295 e. The summed E-state index contributed by atoms with van der Waals surface area (Å²) in [4.78, 5) is 11.4. The number of nitrogens with zero attached hydrogens (tertiary/aromatic N) is 1. The number of benzene rings is 1. The van der Waals surface area contributed by atoms with Gasteiger partial charge in [0, 0.05) is 6.42 Å². The summed E-state index contributed by atoms with van der Waals surface area (Å²) in [6.07, 6.45) is 4.47. The standard InChI is InChI=1S/C13H11NO/c14-9-11-6-4-10(5-7-11)8-12-2-1-3-13(12)15/h4-8H,1-3H2/b12-8-. The van der Waals surface area contributed by atoms with Gasteiger partial charge >= 0.3 is 0 Å². The van der Waals surface area contributed by atoms with Crippen molar-refractivity contribution in [2.45, 2.75) is 19.3 Å². The Bertz CT molecular complexity index is 448. The van der Waals surface area contributed by atoms with Crippen molar-refractivity contribution in [3.63, 3.8) is 0 Å². The minimum absolute atomic E-state index is 0.263. The first kappa shape index (κ1) is 9.67. The van der Waals surface area contributed by atoms with Crippen LogP contribution < -0.4 is 0 Å². The summed E-state index contributed by atoms with van der Waals surface area (Å²) in [6.45, 7) is 0. The maximum Gasteiger partial charge on any atom is 0.158 e. The highest BCUT2D eigenvalue weighted by atomic mass is 16.1. The predicted octanol–water partition coefficient (Wildman–Crippen LogP) is 2.69. The summed E-state index contributed by atoms with van der Waals surface area (Å²) >= 11 is 0. The molecule has 1 fully saturated rings. The van der Waals surface area contributed by atoms with Gasteiger partial charge in [-0.1, -0.05) is 12.1 Å². The fourth-order valence-electron chi connectivity index (χ4n) is 1.75. The van der Waals surface area contributed by atoms with E-state index in [2.05, 4.69) is 6.07 Å². The number of allylic oxidation sites excluding steroid dienone is 1. The highest BCUT2D eigenvalue weighted by molar-refractivity contribution is 6.01. The van der Waals surface area contributed by atoms with E-state index in [1.165, 1.54) is 0 Å². The van der Waals surface area contributed by atoms with E-state index >= 15 is 0 Å². The number of hydrogen-bond acceptors (Lipinski definition) is 2. The molecule has 0 radical (unpaired) electrons. The molecule has 0 unspecified atom stereocenters. The molecule has 0 bridgehead atoms. The maximum absolute atomic E-state index is 11.4. The monoisotopic (exact) mass is 197 g/mol. The van der Waals surface area contributed by atoms with Crippen LogP contribution in [0.4, 0.5) is 0 Å². The summed E-state index contributed by atoms with van der Waals surface area (Å²) in [5.41, 5.74) is 2.56. The second kappa shape index (κ2) is 4.10. The van der Waals surface area contributed by atoms with Gasteiger partial charge in [0.25, 0.3) is 0 Å². The van der Waals surface area contributed by atoms with Crippen LogP contribution in [-0.4, -0.2) is 5.78 Å². The molecule has 0 aromatic heterocycles. The van der Waals surface area contributed by atoms with Gasteiger partial charge in [-0.3, -0.25) is 4.79 Å². The molecule has 74 valence electrons. The van der Waals surface area contributed by atoms with Crippen molar-refractivity contribution >= 4 is 11.9 Å². The van der Waals surface area contributed by atoms with Gasteiger partial charge < -0.3 is 0 Å². The van der Waals surface area contributed by atoms with Crippen molar-refractivity contribution < 1.29 is 4.79 Å². The van der Waals surface area contributed by atoms with E-state index in [0.717, 1.165) is 24.0 Å². The minimum atomic E-state index is 0.263. The van der Waals surface area contributed by atoms with Crippen LogP contribution in [0.5, 0.6) is 0 Å². The van der Waals surface area contributed by atoms with E-state index < -0.39 is 0 Å². The number of rotatable bonds is 1. The number of hydrogen-bond donors (Lipinski definition) is 0. The highest BCUT2D eigenvalue weighted by Crippen LogP contribution is 2.22. The molecule has 1 saturated carbocycles. The smallest absolute Gasteiger partial charge is 0.158 e. The van der Waals surface area contributed by atoms with Crippen molar-refractivity contribution in [2.24, 2.45) is 0 Å². The zero-order valence-corrected chi connectivity index (χ0v) is 8.36.